The van der Waals surface area contributed by atoms with E-state index in [4.69, 9.17) is 14.0 Å². The van der Waals surface area contributed by atoms with Crippen LogP contribution in [0.1, 0.15) is 43.2 Å². The molecule has 3 aromatic rings. The van der Waals surface area contributed by atoms with E-state index in [0.717, 1.165) is 59.6 Å². The van der Waals surface area contributed by atoms with E-state index in [2.05, 4.69) is 48.0 Å². The quantitative estimate of drug-likeness (QED) is 0.522. The lowest BCUT2D eigenvalue weighted by atomic mass is 10.0. The van der Waals surface area contributed by atoms with Gasteiger partial charge in [-0.2, -0.15) is 4.98 Å². The van der Waals surface area contributed by atoms with Gasteiger partial charge in [0.15, 0.2) is 0 Å². The molecule has 1 atom stereocenters. The second-order valence-electron chi connectivity index (χ2n) is 7.36. The lowest BCUT2D eigenvalue weighted by Gasteiger charge is -2.14. The molecule has 1 aliphatic rings. The Balaban J connectivity index is 1.62. The molecule has 0 spiro atoms. The SMILES string of the molecule is CCc1cc(-c2nc(-c3cc(C)c(OCC4CO4)c(CC)c3)no2)cnc1CC. The van der Waals surface area contributed by atoms with Crippen LogP contribution < -0.4 is 4.74 Å². The zero-order valence-electron chi connectivity index (χ0n) is 17.5. The first-order chi connectivity index (χ1) is 14.1. The van der Waals surface area contributed by atoms with Crippen LogP contribution in [-0.4, -0.2) is 34.4 Å². The van der Waals surface area contributed by atoms with E-state index in [-0.39, 0.29) is 6.10 Å². The molecule has 0 aliphatic carbocycles. The van der Waals surface area contributed by atoms with Gasteiger partial charge in [-0.1, -0.05) is 25.9 Å². The Hall–Kier alpha value is -2.73. The van der Waals surface area contributed by atoms with Crippen molar-refractivity contribution in [2.75, 3.05) is 13.2 Å². The Morgan fingerprint density at radius 1 is 1.03 bits per heavy atom. The van der Waals surface area contributed by atoms with Gasteiger partial charge in [0, 0.05) is 17.5 Å². The molecule has 0 radical (unpaired) electrons. The maximum absolute atomic E-state index is 6.00. The molecule has 2 aromatic heterocycles. The highest BCUT2D eigenvalue weighted by atomic mass is 16.6. The first-order valence-electron chi connectivity index (χ1n) is 10.3. The van der Waals surface area contributed by atoms with Crippen LogP contribution in [0.4, 0.5) is 0 Å². The number of nitrogens with zero attached hydrogens (tertiary/aromatic N) is 3. The van der Waals surface area contributed by atoms with E-state index in [0.29, 0.717) is 18.3 Å². The van der Waals surface area contributed by atoms with Gasteiger partial charge >= 0.3 is 0 Å². The molecule has 0 N–H and O–H groups in total. The third kappa shape index (κ3) is 4.17. The van der Waals surface area contributed by atoms with Gasteiger partial charge in [-0.3, -0.25) is 4.98 Å². The zero-order valence-corrected chi connectivity index (χ0v) is 17.5. The van der Waals surface area contributed by atoms with Crippen molar-refractivity contribution in [1.29, 1.82) is 0 Å². The Bertz CT molecular complexity index is 1010. The summed E-state index contributed by atoms with van der Waals surface area (Å²) in [4.78, 5) is 9.20. The van der Waals surface area contributed by atoms with E-state index >= 15 is 0 Å². The van der Waals surface area contributed by atoms with E-state index in [9.17, 15) is 0 Å². The van der Waals surface area contributed by atoms with Crippen molar-refractivity contribution in [2.45, 2.75) is 53.1 Å². The average molecular weight is 393 g/mol. The maximum Gasteiger partial charge on any atom is 0.259 e. The van der Waals surface area contributed by atoms with Crippen molar-refractivity contribution < 1.29 is 14.0 Å². The monoisotopic (exact) mass is 393 g/mol. The van der Waals surface area contributed by atoms with Crippen LogP contribution in [0.5, 0.6) is 5.75 Å². The van der Waals surface area contributed by atoms with Crippen LogP contribution in [0, 0.1) is 6.92 Å². The number of rotatable bonds is 8. The van der Waals surface area contributed by atoms with Crippen molar-refractivity contribution in [3.8, 4) is 28.6 Å². The molecule has 6 nitrogen and oxygen atoms in total. The highest BCUT2D eigenvalue weighted by Crippen LogP contribution is 2.32. The van der Waals surface area contributed by atoms with Crippen molar-refractivity contribution >= 4 is 0 Å². The van der Waals surface area contributed by atoms with Crippen LogP contribution >= 0.6 is 0 Å². The molecule has 29 heavy (non-hydrogen) atoms. The van der Waals surface area contributed by atoms with Gasteiger partial charge in [0.05, 0.1) is 12.2 Å². The highest BCUT2D eigenvalue weighted by molar-refractivity contribution is 5.64. The third-order valence-corrected chi connectivity index (χ3v) is 5.26. The highest BCUT2D eigenvalue weighted by Gasteiger charge is 2.24. The second-order valence-corrected chi connectivity index (χ2v) is 7.36. The van der Waals surface area contributed by atoms with Crippen LogP contribution in [0.3, 0.4) is 0 Å². The molecule has 4 rings (SSSR count). The fourth-order valence-corrected chi connectivity index (χ4v) is 3.52. The van der Waals surface area contributed by atoms with Crippen molar-refractivity contribution in [3.05, 3.63) is 46.8 Å². The number of benzene rings is 1. The predicted octanol–water partition coefficient (Wildman–Crippen LogP) is 4.57. The Morgan fingerprint density at radius 3 is 2.48 bits per heavy atom. The minimum absolute atomic E-state index is 0.235. The molecule has 152 valence electrons. The van der Waals surface area contributed by atoms with Crippen molar-refractivity contribution in [1.82, 2.24) is 15.1 Å². The maximum atomic E-state index is 6.00. The molecule has 1 aromatic carbocycles. The van der Waals surface area contributed by atoms with Gasteiger partial charge in [0.2, 0.25) is 5.82 Å². The van der Waals surface area contributed by atoms with Crippen LogP contribution in [-0.2, 0) is 24.0 Å². The normalized spacial score (nSPS) is 15.5. The standard InChI is InChI=1S/C23H27N3O3/c1-5-15-9-18(11-24-20(15)7-3)23-25-22(26-29-23)17-8-14(4)21(16(6-2)10-17)28-13-19-12-27-19/h8-11,19H,5-7,12-13H2,1-4H3. The Labute approximate surface area is 171 Å². The number of pyridine rings is 1. The molecule has 1 unspecified atom stereocenters. The zero-order chi connectivity index (χ0) is 20.4. The topological polar surface area (TPSA) is 73.6 Å². The molecular formula is C23H27N3O3. The van der Waals surface area contributed by atoms with E-state index in [1.807, 2.05) is 19.2 Å². The minimum Gasteiger partial charge on any atom is -0.490 e. The Kier molecular flexibility index (Phi) is 5.62. The summed E-state index contributed by atoms with van der Waals surface area (Å²) in [5.74, 6) is 2.00. The van der Waals surface area contributed by atoms with Crippen LogP contribution in [0.2, 0.25) is 0 Å². The fraction of sp³-hybridized carbons (Fsp3) is 0.435. The van der Waals surface area contributed by atoms with Gasteiger partial charge < -0.3 is 14.0 Å². The molecule has 0 bridgehead atoms. The summed E-state index contributed by atoms with van der Waals surface area (Å²) in [6.45, 7) is 9.80. The number of epoxide rings is 1. The fourth-order valence-electron chi connectivity index (χ4n) is 3.52. The van der Waals surface area contributed by atoms with Gasteiger partial charge in [-0.05, 0) is 61.1 Å². The lowest BCUT2D eigenvalue weighted by molar-refractivity contribution is 0.260. The van der Waals surface area contributed by atoms with Gasteiger partial charge in [-0.25, -0.2) is 0 Å². The van der Waals surface area contributed by atoms with Crippen LogP contribution in [0.15, 0.2) is 28.9 Å². The summed E-state index contributed by atoms with van der Waals surface area (Å²) in [7, 11) is 0. The van der Waals surface area contributed by atoms with Gasteiger partial charge in [-0.15, -0.1) is 0 Å². The first kappa shape index (κ1) is 19.6. The largest absolute Gasteiger partial charge is 0.490 e. The first-order valence-corrected chi connectivity index (χ1v) is 10.3. The molecule has 6 heteroatoms. The molecule has 1 fully saturated rings. The summed E-state index contributed by atoms with van der Waals surface area (Å²) in [6.07, 6.45) is 4.76. The molecule has 0 saturated carbocycles. The van der Waals surface area contributed by atoms with E-state index < -0.39 is 0 Å². The molecular weight excluding hydrogens is 366 g/mol. The average Bonchev–Trinajstić information content (AvgIpc) is 3.44. The summed E-state index contributed by atoms with van der Waals surface area (Å²) < 4.78 is 16.8. The number of hydrogen-bond donors (Lipinski definition) is 0. The summed E-state index contributed by atoms with van der Waals surface area (Å²) in [5.41, 5.74) is 6.32. The van der Waals surface area contributed by atoms with Crippen LogP contribution in [0.25, 0.3) is 22.8 Å². The second kappa shape index (κ2) is 8.33. The van der Waals surface area contributed by atoms with Gasteiger partial charge in [0.25, 0.3) is 5.89 Å². The summed E-state index contributed by atoms with van der Waals surface area (Å²) >= 11 is 0. The summed E-state index contributed by atoms with van der Waals surface area (Å²) in [6, 6.07) is 6.23. The van der Waals surface area contributed by atoms with Crippen molar-refractivity contribution in [3.63, 3.8) is 0 Å². The van der Waals surface area contributed by atoms with Crippen molar-refractivity contribution in [2.24, 2.45) is 0 Å². The third-order valence-electron chi connectivity index (χ3n) is 5.26. The molecule has 3 heterocycles. The minimum atomic E-state index is 0.235. The summed E-state index contributed by atoms with van der Waals surface area (Å²) in [5, 5.41) is 4.22. The van der Waals surface area contributed by atoms with Gasteiger partial charge in [0.1, 0.15) is 18.5 Å². The predicted molar refractivity (Wildman–Crippen MR) is 111 cm³/mol. The molecule has 0 amide bonds. The number of aryl methyl sites for hydroxylation is 4. The van der Waals surface area contributed by atoms with E-state index in [1.54, 1.807) is 0 Å². The Morgan fingerprint density at radius 2 is 1.79 bits per heavy atom. The molecule has 1 saturated heterocycles. The number of ether oxygens (including phenoxy) is 2. The smallest absolute Gasteiger partial charge is 0.259 e. The number of aromatic nitrogens is 3. The van der Waals surface area contributed by atoms with E-state index in [1.165, 1.54) is 5.56 Å². The number of hydrogen-bond acceptors (Lipinski definition) is 6. The molecule has 1 aliphatic heterocycles. The lowest BCUT2D eigenvalue weighted by Crippen LogP contribution is -2.07.